The Balaban J connectivity index is 1.89. The summed E-state index contributed by atoms with van der Waals surface area (Å²) in [6.45, 7) is 11.1. The minimum Gasteiger partial charge on any atom is -0.316 e. The highest BCUT2D eigenvalue weighted by Gasteiger charge is 2.27. The van der Waals surface area contributed by atoms with Crippen LogP contribution in [0.3, 0.4) is 0 Å². The number of benzene rings is 1. The molecule has 2 rings (SSSR count). The maximum Gasteiger partial charge on any atom is 0.0236 e. The summed E-state index contributed by atoms with van der Waals surface area (Å²) < 4.78 is 0. The normalized spacial score (nSPS) is 16.8. The molecule has 1 aliphatic carbocycles. The zero-order chi connectivity index (χ0) is 13.7. The van der Waals surface area contributed by atoms with Gasteiger partial charge in [-0.2, -0.15) is 0 Å². The average molecular weight is 260 g/mol. The first-order chi connectivity index (χ1) is 9.24. The fourth-order valence-corrected chi connectivity index (χ4v) is 2.60. The van der Waals surface area contributed by atoms with E-state index < -0.39 is 0 Å². The molecule has 1 fully saturated rings. The van der Waals surface area contributed by atoms with Gasteiger partial charge in [0.25, 0.3) is 0 Å². The second kappa shape index (κ2) is 7.06. The van der Waals surface area contributed by atoms with Crippen LogP contribution in [0, 0.1) is 0 Å². The van der Waals surface area contributed by atoms with Crippen LogP contribution in [-0.2, 0) is 6.54 Å². The molecule has 0 radical (unpaired) electrons. The fraction of sp³-hybridized carbons (Fsp3) is 0.647. The summed E-state index contributed by atoms with van der Waals surface area (Å²) >= 11 is 0. The summed E-state index contributed by atoms with van der Waals surface area (Å²) in [5.41, 5.74) is 2.90. The zero-order valence-electron chi connectivity index (χ0n) is 12.7. The van der Waals surface area contributed by atoms with Crippen molar-refractivity contribution < 1.29 is 0 Å². The smallest absolute Gasteiger partial charge is 0.0236 e. The molecule has 0 bridgehead atoms. The lowest BCUT2D eigenvalue weighted by molar-refractivity contribution is 0.269. The molecule has 1 unspecified atom stereocenters. The van der Waals surface area contributed by atoms with Gasteiger partial charge in [-0.05, 0) is 43.0 Å². The maximum absolute atomic E-state index is 3.42. The van der Waals surface area contributed by atoms with Crippen LogP contribution in [0.15, 0.2) is 24.3 Å². The summed E-state index contributed by atoms with van der Waals surface area (Å²) in [6.07, 6.45) is 2.79. The van der Waals surface area contributed by atoms with Crippen molar-refractivity contribution in [3.63, 3.8) is 0 Å². The van der Waals surface area contributed by atoms with E-state index in [9.17, 15) is 0 Å². The number of hydrogen-bond donors (Lipinski definition) is 1. The highest BCUT2D eigenvalue weighted by atomic mass is 15.2. The van der Waals surface area contributed by atoms with Gasteiger partial charge in [0.05, 0.1) is 0 Å². The highest BCUT2D eigenvalue weighted by Crippen LogP contribution is 2.28. The summed E-state index contributed by atoms with van der Waals surface area (Å²) in [5.74, 6) is 0.597. The molecule has 0 spiro atoms. The number of rotatable bonds is 8. The molecule has 2 heteroatoms. The van der Waals surface area contributed by atoms with Crippen LogP contribution in [0.1, 0.15) is 50.7 Å². The molecular weight excluding hydrogens is 232 g/mol. The topological polar surface area (TPSA) is 15.3 Å². The molecule has 1 atom stereocenters. The Bertz CT molecular complexity index is 367. The molecule has 106 valence electrons. The molecule has 1 N–H and O–H groups in total. The third-order valence-corrected chi connectivity index (χ3v) is 4.10. The van der Waals surface area contributed by atoms with Crippen molar-refractivity contribution in [1.82, 2.24) is 10.2 Å². The number of likely N-dealkylation sites (N-methyl/N-ethyl adjacent to an activating group) is 1. The third kappa shape index (κ3) is 4.32. The van der Waals surface area contributed by atoms with Crippen molar-refractivity contribution in [2.75, 3.05) is 19.6 Å². The highest BCUT2D eigenvalue weighted by molar-refractivity contribution is 5.25. The van der Waals surface area contributed by atoms with Gasteiger partial charge in [0, 0.05) is 19.1 Å². The second-order valence-corrected chi connectivity index (χ2v) is 5.74. The van der Waals surface area contributed by atoms with E-state index in [1.807, 2.05) is 0 Å². The van der Waals surface area contributed by atoms with Crippen molar-refractivity contribution in [3.8, 4) is 0 Å². The number of nitrogens with one attached hydrogen (secondary N) is 1. The Hall–Kier alpha value is -0.860. The molecular formula is C17H28N2. The largest absolute Gasteiger partial charge is 0.316 e. The first-order valence-electron chi connectivity index (χ1n) is 7.78. The molecule has 0 aliphatic heterocycles. The van der Waals surface area contributed by atoms with Crippen molar-refractivity contribution in [2.45, 2.75) is 52.1 Å². The van der Waals surface area contributed by atoms with E-state index in [2.05, 4.69) is 55.3 Å². The lowest BCUT2D eigenvalue weighted by atomic mass is 9.99. The standard InChI is InChI=1S/C17H28N2/c1-4-18-12-14(3)16-8-6-15(7-9-16)13-19(5-2)17-10-11-17/h6-9,14,17-18H,4-5,10-13H2,1-3H3. The molecule has 0 saturated heterocycles. The van der Waals surface area contributed by atoms with E-state index in [0.717, 1.165) is 25.7 Å². The molecule has 0 aromatic heterocycles. The maximum atomic E-state index is 3.42. The van der Waals surface area contributed by atoms with Gasteiger partial charge in [0.1, 0.15) is 0 Å². The van der Waals surface area contributed by atoms with E-state index in [4.69, 9.17) is 0 Å². The monoisotopic (exact) mass is 260 g/mol. The predicted molar refractivity (Wildman–Crippen MR) is 82.5 cm³/mol. The molecule has 0 amide bonds. The average Bonchev–Trinajstić information content (AvgIpc) is 3.27. The Kier molecular flexibility index (Phi) is 5.41. The van der Waals surface area contributed by atoms with Crippen LogP contribution >= 0.6 is 0 Å². The first kappa shape index (κ1) is 14.5. The van der Waals surface area contributed by atoms with Gasteiger partial charge in [0.2, 0.25) is 0 Å². The molecule has 1 aromatic rings. The van der Waals surface area contributed by atoms with E-state index in [-0.39, 0.29) is 0 Å². The Morgan fingerprint density at radius 1 is 1.21 bits per heavy atom. The number of nitrogens with zero attached hydrogens (tertiary/aromatic N) is 1. The van der Waals surface area contributed by atoms with Gasteiger partial charge in [0.15, 0.2) is 0 Å². The lowest BCUT2D eigenvalue weighted by Gasteiger charge is -2.20. The van der Waals surface area contributed by atoms with Crippen molar-refractivity contribution in [2.24, 2.45) is 0 Å². The van der Waals surface area contributed by atoms with Crippen LogP contribution < -0.4 is 5.32 Å². The minimum atomic E-state index is 0.597. The molecule has 1 aromatic carbocycles. The molecule has 2 nitrogen and oxygen atoms in total. The fourth-order valence-electron chi connectivity index (χ4n) is 2.60. The van der Waals surface area contributed by atoms with Crippen molar-refractivity contribution >= 4 is 0 Å². The zero-order valence-corrected chi connectivity index (χ0v) is 12.7. The van der Waals surface area contributed by atoms with Gasteiger partial charge >= 0.3 is 0 Å². The quantitative estimate of drug-likeness (QED) is 0.771. The summed E-state index contributed by atoms with van der Waals surface area (Å²) in [7, 11) is 0. The van der Waals surface area contributed by atoms with E-state index in [1.165, 1.54) is 30.5 Å². The Morgan fingerprint density at radius 2 is 1.89 bits per heavy atom. The lowest BCUT2D eigenvalue weighted by Crippen LogP contribution is -2.25. The van der Waals surface area contributed by atoms with Crippen LogP contribution in [0.2, 0.25) is 0 Å². The minimum absolute atomic E-state index is 0.597. The number of hydrogen-bond acceptors (Lipinski definition) is 2. The van der Waals surface area contributed by atoms with Gasteiger partial charge in [-0.3, -0.25) is 4.90 Å². The van der Waals surface area contributed by atoms with E-state index in [0.29, 0.717) is 5.92 Å². The first-order valence-corrected chi connectivity index (χ1v) is 7.78. The predicted octanol–water partition coefficient (Wildman–Crippen LogP) is 3.38. The van der Waals surface area contributed by atoms with Gasteiger partial charge < -0.3 is 5.32 Å². The third-order valence-electron chi connectivity index (χ3n) is 4.10. The van der Waals surface area contributed by atoms with Crippen LogP contribution in [0.25, 0.3) is 0 Å². The summed E-state index contributed by atoms with van der Waals surface area (Å²) in [4.78, 5) is 2.59. The van der Waals surface area contributed by atoms with Crippen LogP contribution in [0.5, 0.6) is 0 Å². The van der Waals surface area contributed by atoms with Crippen LogP contribution in [-0.4, -0.2) is 30.6 Å². The summed E-state index contributed by atoms with van der Waals surface area (Å²) in [6, 6.07) is 10.1. The van der Waals surface area contributed by atoms with E-state index in [1.54, 1.807) is 0 Å². The summed E-state index contributed by atoms with van der Waals surface area (Å²) in [5, 5.41) is 3.42. The van der Waals surface area contributed by atoms with E-state index >= 15 is 0 Å². The van der Waals surface area contributed by atoms with Crippen molar-refractivity contribution in [3.05, 3.63) is 35.4 Å². The van der Waals surface area contributed by atoms with Gasteiger partial charge in [-0.25, -0.2) is 0 Å². The van der Waals surface area contributed by atoms with Gasteiger partial charge in [-0.1, -0.05) is 45.0 Å². The molecule has 19 heavy (non-hydrogen) atoms. The van der Waals surface area contributed by atoms with Crippen LogP contribution in [0.4, 0.5) is 0 Å². The SMILES string of the molecule is CCNCC(C)c1ccc(CN(CC)C2CC2)cc1. The Labute approximate surface area is 118 Å². The second-order valence-electron chi connectivity index (χ2n) is 5.74. The van der Waals surface area contributed by atoms with Crippen molar-refractivity contribution in [1.29, 1.82) is 0 Å². The molecule has 1 saturated carbocycles. The Morgan fingerprint density at radius 3 is 2.42 bits per heavy atom. The molecule has 0 heterocycles. The van der Waals surface area contributed by atoms with Gasteiger partial charge in [-0.15, -0.1) is 0 Å². The molecule has 1 aliphatic rings.